The van der Waals surface area contributed by atoms with Gasteiger partial charge in [-0.3, -0.25) is 9.36 Å². The number of aromatic nitrogens is 2. The second-order valence-corrected chi connectivity index (χ2v) is 6.26. The third kappa shape index (κ3) is 3.07. The second-order valence-electron chi connectivity index (χ2n) is 6.26. The Balaban J connectivity index is 1.54. The number of para-hydroxylation sites is 1. The predicted octanol–water partition coefficient (Wildman–Crippen LogP) is 2.89. The standard InChI is InChI=1S/C20H18N2O4/c1-13-5-4-6-15(9-13)25-11-14(23)10-22-12-21-18-16-7-2-3-8-17(16)26-19(18)20(22)24/h2-9,12,14,23H,10-11H2,1H3. The lowest BCUT2D eigenvalue weighted by Crippen LogP contribution is -2.30. The first-order valence-electron chi connectivity index (χ1n) is 8.36. The number of aryl methyl sites for hydroxylation is 1. The topological polar surface area (TPSA) is 77.5 Å². The number of fused-ring (bicyclic) bond motifs is 3. The molecule has 0 fully saturated rings. The number of rotatable bonds is 5. The van der Waals surface area contributed by atoms with Crippen molar-refractivity contribution in [3.63, 3.8) is 0 Å². The lowest BCUT2D eigenvalue weighted by molar-refractivity contribution is 0.0914. The molecule has 0 amide bonds. The van der Waals surface area contributed by atoms with E-state index >= 15 is 0 Å². The first-order valence-corrected chi connectivity index (χ1v) is 8.36. The van der Waals surface area contributed by atoms with Crippen LogP contribution in [-0.4, -0.2) is 27.4 Å². The largest absolute Gasteiger partial charge is 0.491 e. The third-order valence-corrected chi connectivity index (χ3v) is 4.19. The van der Waals surface area contributed by atoms with Crippen molar-refractivity contribution in [3.05, 3.63) is 70.8 Å². The maximum Gasteiger partial charge on any atom is 0.297 e. The van der Waals surface area contributed by atoms with E-state index in [1.807, 2.05) is 49.4 Å². The van der Waals surface area contributed by atoms with Crippen molar-refractivity contribution in [2.24, 2.45) is 0 Å². The van der Waals surface area contributed by atoms with Crippen molar-refractivity contribution in [2.75, 3.05) is 6.61 Å². The fraction of sp³-hybridized carbons (Fsp3) is 0.200. The quantitative estimate of drug-likeness (QED) is 0.599. The lowest BCUT2D eigenvalue weighted by atomic mass is 10.2. The molecule has 2 aromatic heterocycles. The second kappa shape index (κ2) is 6.65. The fourth-order valence-electron chi connectivity index (χ4n) is 2.92. The highest BCUT2D eigenvalue weighted by molar-refractivity contribution is 6.01. The summed E-state index contributed by atoms with van der Waals surface area (Å²) in [7, 11) is 0. The summed E-state index contributed by atoms with van der Waals surface area (Å²) in [6.07, 6.45) is 0.583. The molecule has 0 radical (unpaired) electrons. The van der Waals surface area contributed by atoms with Gasteiger partial charge >= 0.3 is 0 Å². The van der Waals surface area contributed by atoms with Crippen molar-refractivity contribution in [1.29, 1.82) is 0 Å². The van der Waals surface area contributed by atoms with Gasteiger partial charge in [-0.1, -0.05) is 24.3 Å². The molecule has 0 bridgehead atoms. The average Bonchev–Trinajstić information content (AvgIpc) is 3.02. The van der Waals surface area contributed by atoms with E-state index in [4.69, 9.17) is 9.15 Å². The number of aliphatic hydroxyl groups is 1. The summed E-state index contributed by atoms with van der Waals surface area (Å²) < 4.78 is 12.6. The van der Waals surface area contributed by atoms with E-state index < -0.39 is 6.10 Å². The van der Waals surface area contributed by atoms with Gasteiger partial charge in [0.1, 0.15) is 29.6 Å². The van der Waals surface area contributed by atoms with Crippen LogP contribution < -0.4 is 10.3 Å². The summed E-state index contributed by atoms with van der Waals surface area (Å²) in [5, 5.41) is 11.0. The van der Waals surface area contributed by atoms with E-state index in [0.717, 1.165) is 10.9 Å². The molecule has 1 atom stereocenters. The van der Waals surface area contributed by atoms with Crippen LogP contribution in [0.2, 0.25) is 0 Å². The van der Waals surface area contributed by atoms with Crippen molar-refractivity contribution >= 4 is 22.1 Å². The Bertz CT molecular complexity index is 1130. The Morgan fingerprint density at radius 2 is 2.08 bits per heavy atom. The van der Waals surface area contributed by atoms with E-state index in [-0.39, 0.29) is 24.3 Å². The molecule has 0 saturated carbocycles. The maximum absolute atomic E-state index is 12.6. The Labute approximate surface area is 149 Å². The highest BCUT2D eigenvalue weighted by Gasteiger charge is 2.15. The lowest BCUT2D eigenvalue weighted by Gasteiger charge is -2.13. The molecular weight excluding hydrogens is 332 g/mol. The zero-order valence-corrected chi connectivity index (χ0v) is 14.3. The minimum absolute atomic E-state index is 0.0740. The zero-order chi connectivity index (χ0) is 18.1. The monoisotopic (exact) mass is 350 g/mol. The first-order chi connectivity index (χ1) is 12.6. The molecule has 0 aliphatic rings. The summed E-state index contributed by atoms with van der Waals surface area (Å²) in [6.45, 7) is 2.12. The first kappa shape index (κ1) is 16.4. The molecule has 0 aliphatic carbocycles. The minimum atomic E-state index is -0.850. The third-order valence-electron chi connectivity index (χ3n) is 4.19. The molecule has 26 heavy (non-hydrogen) atoms. The Morgan fingerprint density at radius 3 is 2.92 bits per heavy atom. The van der Waals surface area contributed by atoms with E-state index in [1.165, 1.54) is 10.9 Å². The normalized spacial score (nSPS) is 12.5. The van der Waals surface area contributed by atoms with Gasteiger partial charge in [-0.05, 0) is 36.8 Å². The van der Waals surface area contributed by atoms with Crippen molar-refractivity contribution < 1.29 is 14.3 Å². The molecule has 4 aromatic rings. The van der Waals surface area contributed by atoms with Gasteiger partial charge in [0, 0.05) is 5.39 Å². The number of furan rings is 1. The summed E-state index contributed by atoms with van der Waals surface area (Å²) in [6, 6.07) is 15.0. The van der Waals surface area contributed by atoms with Crippen LogP contribution in [-0.2, 0) is 6.54 Å². The van der Waals surface area contributed by atoms with Gasteiger partial charge in [-0.15, -0.1) is 0 Å². The Kier molecular flexibility index (Phi) is 4.18. The van der Waals surface area contributed by atoms with Crippen molar-refractivity contribution in [2.45, 2.75) is 19.6 Å². The molecule has 0 spiro atoms. The van der Waals surface area contributed by atoms with Gasteiger partial charge in [-0.2, -0.15) is 0 Å². The maximum atomic E-state index is 12.6. The van der Waals surface area contributed by atoms with Gasteiger partial charge in [-0.25, -0.2) is 4.98 Å². The minimum Gasteiger partial charge on any atom is -0.491 e. The molecule has 2 aromatic carbocycles. The van der Waals surface area contributed by atoms with Gasteiger partial charge in [0.15, 0.2) is 0 Å². The van der Waals surface area contributed by atoms with Gasteiger partial charge in [0.2, 0.25) is 5.58 Å². The Morgan fingerprint density at radius 1 is 1.23 bits per heavy atom. The molecule has 1 unspecified atom stereocenters. The van der Waals surface area contributed by atoms with E-state index in [2.05, 4.69) is 4.98 Å². The molecule has 0 aliphatic heterocycles. The Hall–Kier alpha value is -3.12. The molecule has 2 heterocycles. The summed E-state index contributed by atoms with van der Waals surface area (Å²) >= 11 is 0. The highest BCUT2D eigenvalue weighted by atomic mass is 16.5. The van der Waals surface area contributed by atoms with E-state index in [9.17, 15) is 9.90 Å². The predicted molar refractivity (Wildman–Crippen MR) is 98.5 cm³/mol. The SMILES string of the molecule is Cc1cccc(OCC(O)Cn2cnc3c(oc4ccccc43)c2=O)c1. The number of hydrogen-bond donors (Lipinski definition) is 1. The van der Waals surface area contributed by atoms with Gasteiger partial charge in [0.25, 0.3) is 5.56 Å². The van der Waals surface area contributed by atoms with Gasteiger partial charge < -0.3 is 14.3 Å². The summed E-state index contributed by atoms with van der Waals surface area (Å²) in [4.78, 5) is 17.0. The highest BCUT2D eigenvalue weighted by Crippen LogP contribution is 2.24. The van der Waals surface area contributed by atoms with E-state index in [1.54, 1.807) is 6.07 Å². The number of hydrogen-bond acceptors (Lipinski definition) is 5. The van der Waals surface area contributed by atoms with Crippen LogP contribution in [0.3, 0.4) is 0 Å². The number of benzene rings is 2. The van der Waals surface area contributed by atoms with Crippen LogP contribution in [0, 0.1) is 6.92 Å². The van der Waals surface area contributed by atoms with Crippen molar-refractivity contribution in [1.82, 2.24) is 9.55 Å². The summed E-state index contributed by atoms with van der Waals surface area (Å²) in [5.41, 5.74) is 2.11. The molecule has 132 valence electrons. The van der Waals surface area contributed by atoms with Crippen molar-refractivity contribution in [3.8, 4) is 5.75 Å². The smallest absolute Gasteiger partial charge is 0.297 e. The molecule has 1 N–H and O–H groups in total. The number of aliphatic hydroxyl groups excluding tert-OH is 1. The molecule has 0 saturated heterocycles. The van der Waals surface area contributed by atoms with Crippen LogP contribution in [0.25, 0.3) is 22.1 Å². The van der Waals surface area contributed by atoms with Crippen LogP contribution in [0.4, 0.5) is 0 Å². The van der Waals surface area contributed by atoms with Crippen LogP contribution in [0.5, 0.6) is 5.75 Å². The van der Waals surface area contributed by atoms with Gasteiger partial charge in [0.05, 0.1) is 12.9 Å². The fourth-order valence-corrected chi connectivity index (χ4v) is 2.92. The van der Waals surface area contributed by atoms with Crippen LogP contribution >= 0.6 is 0 Å². The average molecular weight is 350 g/mol. The van der Waals surface area contributed by atoms with Crippen LogP contribution in [0.15, 0.2) is 64.1 Å². The molecule has 4 rings (SSSR count). The molecular formula is C20H18N2O4. The molecule has 6 heteroatoms. The number of ether oxygens (including phenoxy) is 1. The molecule has 6 nitrogen and oxygen atoms in total. The van der Waals surface area contributed by atoms with E-state index in [0.29, 0.717) is 16.8 Å². The summed E-state index contributed by atoms with van der Waals surface area (Å²) in [5.74, 6) is 0.683. The number of nitrogens with zero attached hydrogens (tertiary/aromatic N) is 2. The zero-order valence-electron chi connectivity index (χ0n) is 14.3. The van der Waals surface area contributed by atoms with Crippen LogP contribution in [0.1, 0.15) is 5.56 Å².